The number of carbonyl (C=O) groups is 1. The molecule has 1 heterocycles. The Morgan fingerprint density at radius 1 is 0.523 bits per heavy atom. The van der Waals surface area contributed by atoms with Crippen LogP contribution >= 0.6 is 0 Å². The highest BCUT2D eigenvalue weighted by Gasteiger charge is 2.19. The van der Waals surface area contributed by atoms with Gasteiger partial charge in [0.1, 0.15) is 12.7 Å². The van der Waals surface area contributed by atoms with Crippen molar-refractivity contribution in [1.29, 1.82) is 0 Å². The van der Waals surface area contributed by atoms with Gasteiger partial charge >= 0.3 is 5.97 Å². The predicted molar refractivity (Wildman–Crippen MR) is 192 cm³/mol. The van der Waals surface area contributed by atoms with Crippen LogP contribution in [0.4, 0.5) is 0 Å². The number of esters is 1. The van der Waals surface area contributed by atoms with Gasteiger partial charge in [0.25, 0.3) is 0 Å². The van der Waals surface area contributed by atoms with Crippen LogP contribution in [-0.2, 0) is 14.3 Å². The first kappa shape index (κ1) is 41.5. The van der Waals surface area contributed by atoms with E-state index in [1.807, 2.05) is 0 Å². The Kier molecular flexibility index (Phi) is 28.1. The van der Waals surface area contributed by atoms with E-state index in [2.05, 4.69) is 27.7 Å². The summed E-state index contributed by atoms with van der Waals surface area (Å²) in [5, 5.41) is 0. The van der Waals surface area contributed by atoms with Gasteiger partial charge in [-0.3, -0.25) is 0 Å². The van der Waals surface area contributed by atoms with Crippen LogP contribution in [0.1, 0.15) is 233 Å². The summed E-state index contributed by atoms with van der Waals surface area (Å²) in [6.45, 7) is 9.69. The van der Waals surface area contributed by atoms with Crippen molar-refractivity contribution in [2.45, 2.75) is 245 Å². The molecule has 0 radical (unpaired) electrons. The average molecular weight is 621 g/mol. The van der Waals surface area contributed by atoms with Gasteiger partial charge < -0.3 is 9.47 Å². The SMILES string of the molecule is CCCCCCCCCCC1CCCCCCCC(C)(C)CCCCCCCCC(CCCCCCCCC)OCC(=O)O1. The minimum absolute atomic E-state index is 0.0737. The first-order chi connectivity index (χ1) is 21.5. The molecular formula is C41H80O3. The number of rotatable bonds is 17. The van der Waals surface area contributed by atoms with Crippen LogP contribution in [0.15, 0.2) is 0 Å². The highest BCUT2D eigenvalue weighted by molar-refractivity contribution is 5.70. The van der Waals surface area contributed by atoms with Gasteiger partial charge in [0, 0.05) is 0 Å². The average Bonchev–Trinajstić information content (AvgIpc) is 3.00. The Bertz CT molecular complexity index is 615. The molecular weight excluding hydrogens is 540 g/mol. The van der Waals surface area contributed by atoms with E-state index in [0.29, 0.717) is 5.41 Å². The highest BCUT2D eigenvalue weighted by Crippen LogP contribution is 2.31. The molecule has 0 N–H and O–H groups in total. The third-order valence-electron chi connectivity index (χ3n) is 10.3. The van der Waals surface area contributed by atoms with Gasteiger partial charge in [-0.15, -0.1) is 0 Å². The normalized spacial score (nSPS) is 22.5. The van der Waals surface area contributed by atoms with Gasteiger partial charge in [0.2, 0.25) is 0 Å². The summed E-state index contributed by atoms with van der Waals surface area (Å²) in [4.78, 5) is 13.0. The maximum absolute atomic E-state index is 13.0. The summed E-state index contributed by atoms with van der Waals surface area (Å²) in [6, 6.07) is 0. The van der Waals surface area contributed by atoms with Crippen molar-refractivity contribution in [3.63, 3.8) is 0 Å². The molecule has 0 aromatic carbocycles. The Balaban J connectivity index is 2.61. The van der Waals surface area contributed by atoms with Crippen LogP contribution in [0.2, 0.25) is 0 Å². The molecule has 44 heavy (non-hydrogen) atoms. The zero-order chi connectivity index (χ0) is 32.0. The lowest BCUT2D eigenvalue weighted by molar-refractivity contribution is -0.157. The summed E-state index contributed by atoms with van der Waals surface area (Å²) < 4.78 is 12.4. The first-order valence-corrected chi connectivity index (χ1v) is 20.3. The molecule has 0 aromatic rings. The molecule has 262 valence electrons. The zero-order valence-corrected chi connectivity index (χ0v) is 30.7. The molecule has 0 spiro atoms. The van der Waals surface area contributed by atoms with Crippen LogP contribution in [-0.4, -0.2) is 24.8 Å². The van der Waals surface area contributed by atoms with Gasteiger partial charge in [-0.1, -0.05) is 182 Å². The zero-order valence-electron chi connectivity index (χ0n) is 30.7. The van der Waals surface area contributed by atoms with Crippen molar-refractivity contribution in [3.8, 4) is 0 Å². The maximum atomic E-state index is 13.0. The number of cyclic esters (lactones) is 1. The number of hydrogen-bond donors (Lipinski definition) is 0. The Morgan fingerprint density at radius 3 is 1.41 bits per heavy atom. The largest absolute Gasteiger partial charge is 0.461 e. The second kappa shape index (κ2) is 29.8. The Labute approximate surface area is 277 Å². The second-order valence-electron chi connectivity index (χ2n) is 15.3. The molecule has 2 unspecified atom stereocenters. The van der Waals surface area contributed by atoms with Crippen molar-refractivity contribution in [1.82, 2.24) is 0 Å². The summed E-state index contributed by atoms with van der Waals surface area (Å²) >= 11 is 0. The fraction of sp³-hybridized carbons (Fsp3) is 0.976. The molecule has 1 aliphatic rings. The van der Waals surface area contributed by atoms with Crippen LogP contribution in [0.5, 0.6) is 0 Å². The van der Waals surface area contributed by atoms with E-state index in [-0.39, 0.29) is 24.8 Å². The number of unbranched alkanes of at least 4 members (excludes halogenated alkanes) is 13. The first-order valence-electron chi connectivity index (χ1n) is 20.3. The third kappa shape index (κ3) is 26.6. The van der Waals surface area contributed by atoms with Gasteiger partial charge in [0.05, 0.1) is 6.10 Å². The van der Waals surface area contributed by atoms with Crippen molar-refractivity contribution in [3.05, 3.63) is 0 Å². The van der Waals surface area contributed by atoms with Gasteiger partial charge in [-0.25, -0.2) is 4.79 Å². The predicted octanol–water partition coefficient (Wildman–Crippen LogP) is 13.8. The molecule has 0 bridgehead atoms. The quantitative estimate of drug-likeness (QED) is 0.120. The Morgan fingerprint density at radius 2 is 0.909 bits per heavy atom. The van der Waals surface area contributed by atoms with Crippen LogP contribution < -0.4 is 0 Å². The van der Waals surface area contributed by atoms with Crippen LogP contribution in [0.25, 0.3) is 0 Å². The van der Waals surface area contributed by atoms with Gasteiger partial charge in [0.15, 0.2) is 0 Å². The van der Waals surface area contributed by atoms with Crippen molar-refractivity contribution >= 4 is 5.97 Å². The molecule has 3 heteroatoms. The fourth-order valence-corrected chi connectivity index (χ4v) is 7.13. The lowest BCUT2D eigenvalue weighted by atomic mass is 9.81. The molecule has 1 aliphatic heterocycles. The van der Waals surface area contributed by atoms with Crippen LogP contribution in [0.3, 0.4) is 0 Å². The minimum Gasteiger partial charge on any atom is -0.461 e. The smallest absolute Gasteiger partial charge is 0.332 e. The summed E-state index contributed by atoms with van der Waals surface area (Å²) in [6.07, 6.45) is 41.6. The summed E-state index contributed by atoms with van der Waals surface area (Å²) in [5.74, 6) is -0.122. The van der Waals surface area contributed by atoms with E-state index in [9.17, 15) is 4.79 Å². The molecule has 0 saturated carbocycles. The number of hydrogen-bond acceptors (Lipinski definition) is 3. The molecule has 0 aromatic heterocycles. The molecule has 1 rings (SSSR count). The van der Waals surface area contributed by atoms with Crippen molar-refractivity contribution in [2.24, 2.45) is 5.41 Å². The molecule has 0 amide bonds. The van der Waals surface area contributed by atoms with Crippen LogP contribution in [0, 0.1) is 5.41 Å². The number of ether oxygens (including phenoxy) is 2. The monoisotopic (exact) mass is 621 g/mol. The fourth-order valence-electron chi connectivity index (χ4n) is 7.13. The van der Waals surface area contributed by atoms with E-state index < -0.39 is 0 Å². The van der Waals surface area contributed by atoms with Crippen molar-refractivity contribution in [2.75, 3.05) is 6.61 Å². The molecule has 1 saturated heterocycles. The minimum atomic E-state index is -0.122. The number of carbonyl (C=O) groups excluding carboxylic acids is 1. The summed E-state index contributed by atoms with van der Waals surface area (Å²) in [7, 11) is 0. The second-order valence-corrected chi connectivity index (χ2v) is 15.3. The van der Waals surface area contributed by atoms with E-state index in [4.69, 9.17) is 9.47 Å². The standard InChI is InChI=1S/C41H80O3/c1-5-7-9-11-13-15-21-27-33-39-34-28-22-18-24-30-36-41(3,4)35-29-23-17-16-20-26-32-38(43-37-40(42)44-39)31-25-19-14-12-10-8-6-2/h38-39H,5-37H2,1-4H3. The highest BCUT2D eigenvalue weighted by atomic mass is 16.6. The van der Waals surface area contributed by atoms with Crippen molar-refractivity contribution < 1.29 is 14.3 Å². The van der Waals surface area contributed by atoms with Gasteiger partial charge in [-0.05, 0) is 56.8 Å². The molecule has 3 nitrogen and oxygen atoms in total. The molecule has 2 atom stereocenters. The lowest BCUT2D eigenvalue weighted by Crippen LogP contribution is -2.25. The van der Waals surface area contributed by atoms with Gasteiger partial charge in [-0.2, -0.15) is 0 Å². The molecule has 0 aliphatic carbocycles. The maximum Gasteiger partial charge on any atom is 0.332 e. The third-order valence-corrected chi connectivity index (χ3v) is 10.3. The van der Waals surface area contributed by atoms with E-state index >= 15 is 0 Å². The van der Waals surface area contributed by atoms with E-state index in [1.165, 1.54) is 180 Å². The Hall–Kier alpha value is -0.570. The summed E-state index contributed by atoms with van der Waals surface area (Å²) in [5.41, 5.74) is 0.493. The van der Waals surface area contributed by atoms with E-state index in [1.54, 1.807) is 0 Å². The molecule has 1 fully saturated rings. The topological polar surface area (TPSA) is 35.5 Å². The lowest BCUT2D eigenvalue weighted by Gasteiger charge is -2.24. The van der Waals surface area contributed by atoms with E-state index in [0.717, 1.165) is 25.7 Å².